The lowest BCUT2D eigenvalue weighted by atomic mass is 10.0. The zero-order valence-electron chi connectivity index (χ0n) is 12.5. The minimum atomic E-state index is 0.756. The van der Waals surface area contributed by atoms with Crippen molar-refractivity contribution in [2.24, 2.45) is 5.92 Å². The molecular formula is C16H29NOS. The number of ether oxygens (including phenoxy) is 1. The van der Waals surface area contributed by atoms with E-state index in [0.717, 1.165) is 38.6 Å². The third-order valence-electron chi connectivity index (χ3n) is 3.45. The molecule has 0 spiro atoms. The van der Waals surface area contributed by atoms with E-state index in [-0.39, 0.29) is 0 Å². The van der Waals surface area contributed by atoms with Crippen molar-refractivity contribution in [1.29, 1.82) is 0 Å². The van der Waals surface area contributed by atoms with Gasteiger partial charge in [0.1, 0.15) is 0 Å². The van der Waals surface area contributed by atoms with Crippen molar-refractivity contribution in [3.8, 4) is 0 Å². The predicted molar refractivity (Wildman–Crippen MR) is 85.0 cm³/mol. The van der Waals surface area contributed by atoms with E-state index in [1.807, 2.05) is 11.3 Å². The van der Waals surface area contributed by atoms with Crippen LogP contribution in [0.4, 0.5) is 0 Å². The van der Waals surface area contributed by atoms with Crippen LogP contribution in [0.2, 0.25) is 0 Å². The van der Waals surface area contributed by atoms with Crippen LogP contribution in [0.3, 0.4) is 0 Å². The van der Waals surface area contributed by atoms with E-state index >= 15 is 0 Å². The van der Waals surface area contributed by atoms with E-state index in [1.54, 1.807) is 0 Å². The Bertz CT molecular complexity index is 287. The molecule has 19 heavy (non-hydrogen) atoms. The molecule has 1 N–H and O–H groups in total. The van der Waals surface area contributed by atoms with Crippen molar-refractivity contribution < 1.29 is 4.74 Å². The van der Waals surface area contributed by atoms with Gasteiger partial charge >= 0.3 is 0 Å². The lowest BCUT2D eigenvalue weighted by Crippen LogP contribution is -2.23. The highest BCUT2D eigenvalue weighted by Crippen LogP contribution is 2.12. The molecule has 3 heteroatoms. The summed E-state index contributed by atoms with van der Waals surface area (Å²) in [7, 11) is 0. The zero-order valence-corrected chi connectivity index (χ0v) is 13.3. The summed E-state index contributed by atoms with van der Waals surface area (Å²) in [5, 5.41) is 5.58. The van der Waals surface area contributed by atoms with E-state index in [4.69, 9.17) is 4.74 Å². The highest BCUT2D eigenvalue weighted by Gasteiger charge is 2.05. The molecule has 1 atom stereocenters. The maximum atomic E-state index is 5.76. The van der Waals surface area contributed by atoms with Crippen LogP contribution in [0.1, 0.15) is 44.4 Å². The number of unbranched alkanes of at least 4 members (excludes halogenated alkanes) is 1. The molecule has 0 aromatic carbocycles. The van der Waals surface area contributed by atoms with Gasteiger partial charge in [0.2, 0.25) is 0 Å². The van der Waals surface area contributed by atoms with Gasteiger partial charge < -0.3 is 10.1 Å². The molecule has 0 bridgehead atoms. The summed E-state index contributed by atoms with van der Waals surface area (Å²) in [6, 6.07) is 4.31. The summed E-state index contributed by atoms with van der Waals surface area (Å²) >= 11 is 1.83. The average molecular weight is 283 g/mol. The van der Waals surface area contributed by atoms with Crippen LogP contribution in [0, 0.1) is 5.92 Å². The van der Waals surface area contributed by atoms with E-state index in [2.05, 4.69) is 36.7 Å². The third-order valence-corrected chi connectivity index (χ3v) is 4.38. The fourth-order valence-electron chi connectivity index (χ4n) is 2.08. The first-order valence-electron chi connectivity index (χ1n) is 7.67. The third kappa shape index (κ3) is 8.40. The Hall–Kier alpha value is -0.380. The monoisotopic (exact) mass is 283 g/mol. The van der Waals surface area contributed by atoms with Gasteiger partial charge in [-0.3, -0.25) is 0 Å². The lowest BCUT2D eigenvalue weighted by Gasteiger charge is -2.14. The molecule has 0 fully saturated rings. The molecular weight excluding hydrogens is 254 g/mol. The maximum Gasteiger partial charge on any atom is 0.0591 e. The molecule has 0 saturated carbocycles. The average Bonchev–Trinajstić information content (AvgIpc) is 2.94. The van der Waals surface area contributed by atoms with Gasteiger partial charge in [-0.1, -0.05) is 39.2 Å². The number of hydrogen-bond donors (Lipinski definition) is 1. The molecule has 1 rings (SSSR count). The van der Waals surface area contributed by atoms with Crippen LogP contribution >= 0.6 is 11.3 Å². The van der Waals surface area contributed by atoms with Gasteiger partial charge in [0.15, 0.2) is 0 Å². The molecule has 0 aliphatic carbocycles. The Morgan fingerprint density at radius 2 is 2.21 bits per heavy atom. The summed E-state index contributed by atoms with van der Waals surface area (Å²) in [6.45, 7) is 8.32. The highest BCUT2D eigenvalue weighted by molar-refractivity contribution is 7.09. The lowest BCUT2D eigenvalue weighted by molar-refractivity contribution is 0.0958. The summed E-state index contributed by atoms with van der Waals surface area (Å²) in [4.78, 5) is 1.46. The predicted octanol–water partition coefficient (Wildman–Crippen LogP) is 4.11. The van der Waals surface area contributed by atoms with Gasteiger partial charge in [-0.2, -0.15) is 0 Å². The molecule has 0 amide bonds. The highest BCUT2D eigenvalue weighted by atomic mass is 32.1. The molecule has 110 valence electrons. The molecule has 0 aliphatic heterocycles. The molecule has 0 aliphatic rings. The maximum absolute atomic E-state index is 5.76. The van der Waals surface area contributed by atoms with Crippen LogP contribution in [0.5, 0.6) is 0 Å². The quantitative estimate of drug-likeness (QED) is 0.583. The molecule has 2 nitrogen and oxygen atoms in total. The minimum absolute atomic E-state index is 0.756. The fourth-order valence-corrected chi connectivity index (χ4v) is 2.79. The van der Waals surface area contributed by atoms with Crippen molar-refractivity contribution in [2.75, 3.05) is 26.3 Å². The number of nitrogens with one attached hydrogen (secondary N) is 1. The van der Waals surface area contributed by atoms with Gasteiger partial charge in [-0.25, -0.2) is 0 Å². The Morgan fingerprint density at radius 3 is 2.89 bits per heavy atom. The molecule has 1 aromatic rings. The molecule has 1 heterocycles. The van der Waals surface area contributed by atoms with Gasteiger partial charge in [-0.05, 0) is 30.2 Å². The van der Waals surface area contributed by atoms with E-state index in [1.165, 1.54) is 30.6 Å². The standard InChI is InChI=1S/C16H29NOS/c1-3-5-7-15(4-2)14-18-12-11-17-10-9-16-8-6-13-19-16/h6,8,13,15,17H,3-5,7,9-12,14H2,1-2H3. The number of rotatable bonds is 12. The van der Waals surface area contributed by atoms with E-state index in [0.29, 0.717) is 0 Å². The van der Waals surface area contributed by atoms with Crippen molar-refractivity contribution in [2.45, 2.75) is 46.0 Å². The van der Waals surface area contributed by atoms with Gasteiger partial charge in [0, 0.05) is 24.6 Å². The second-order valence-corrected chi connectivity index (χ2v) is 6.10. The van der Waals surface area contributed by atoms with Crippen LogP contribution < -0.4 is 5.32 Å². The van der Waals surface area contributed by atoms with E-state index < -0.39 is 0 Å². The topological polar surface area (TPSA) is 21.3 Å². The van der Waals surface area contributed by atoms with Crippen molar-refractivity contribution in [1.82, 2.24) is 5.32 Å². The van der Waals surface area contributed by atoms with Crippen LogP contribution in [0.25, 0.3) is 0 Å². The Kier molecular flexibility index (Phi) is 10.0. The summed E-state index contributed by atoms with van der Waals surface area (Å²) in [5.41, 5.74) is 0. The fraction of sp³-hybridized carbons (Fsp3) is 0.750. The van der Waals surface area contributed by atoms with Crippen LogP contribution in [-0.4, -0.2) is 26.3 Å². The van der Waals surface area contributed by atoms with Crippen molar-refractivity contribution in [3.63, 3.8) is 0 Å². The molecule has 0 saturated heterocycles. The number of hydrogen-bond acceptors (Lipinski definition) is 3. The summed E-state index contributed by atoms with van der Waals surface area (Å²) in [5.74, 6) is 0.756. The first kappa shape index (κ1) is 16.7. The van der Waals surface area contributed by atoms with E-state index in [9.17, 15) is 0 Å². The molecule has 1 aromatic heterocycles. The second-order valence-electron chi connectivity index (χ2n) is 5.07. The Morgan fingerprint density at radius 1 is 1.32 bits per heavy atom. The SMILES string of the molecule is CCCCC(CC)COCCNCCc1cccs1. The van der Waals surface area contributed by atoms with Gasteiger partial charge in [0.05, 0.1) is 6.61 Å². The Labute approximate surface area is 122 Å². The molecule has 1 unspecified atom stereocenters. The zero-order chi connectivity index (χ0) is 13.8. The first-order valence-corrected chi connectivity index (χ1v) is 8.55. The second kappa shape index (κ2) is 11.4. The van der Waals surface area contributed by atoms with Crippen molar-refractivity contribution in [3.05, 3.63) is 22.4 Å². The summed E-state index contributed by atoms with van der Waals surface area (Å²) in [6.07, 6.45) is 6.32. The minimum Gasteiger partial charge on any atom is -0.380 e. The largest absolute Gasteiger partial charge is 0.380 e. The number of thiophene rings is 1. The van der Waals surface area contributed by atoms with Crippen molar-refractivity contribution >= 4 is 11.3 Å². The first-order chi connectivity index (χ1) is 9.36. The van der Waals surface area contributed by atoms with Gasteiger partial charge in [-0.15, -0.1) is 11.3 Å². The molecule has 0 radical (unpaired) electrons. The van der Waals surface area contributed by atoms with Crippen LogP contribution in [-0.2, 0) is 11.2 Å². The van der Waals surface area contributed by atoms with Crippen LogP contribution in [0.15, 0.2) is 17.5 Å². The Balaban J connectivity index is 1.89. The smallest absolute Gasteiger partial charge is 0.0591 e. The normalized spacial score (nSPS) is 12.7. The summed E-state index contributed by atoms with van der Waals surface area (Å²) < 4.78 is 5.76. The van der Waals surface area contributed by atoms with Gasteiger partial charge in [0.25, 0.3) is 0 Å².